The summed E-state index contributed by atoms with van der Waals surface area (Å²) in [5.41, 5.74) is 2.14. The summed E-state index contributed by atoms with van der Waals surface area (Å²) in [5, 5.41) is 5.17. The molecule has 0 aliphatic rings. The van der Waals surface area contributed by atoms with Gasteiger partial charge in [0.1, 0.15) is 23.7 Å². The Balaban J connectivity index is 2.03. The molecule has 0 saturated heterocycles. The van der Waals surface area contributed by atoms with Crippen LogP contribution >= 0.6 is 0 Å². The van der Waals surface area contributed by atoms with Crippen LogP contribution in [0.3, 0.4) is 0 Å². The first-order chi connectivity index (χ1) is 14.3. The molecule has 1 heterocycles. The molecular weight excluding hydrogens is 387 g/mol. The van der Waals surface area contributed by atoms with Crippen molar-refractivity contribution in [3.63, 3.8) is 0 Å². The Morgan fingerprint density at radius 2 is 1.80 bits per heavy atom. The van der Waals surface area contributed by atoms with Crippen LogP contribution in [0.5, 0.6) is 0 Å². The fourth-order valence-electron chi connectivity index (χ4n) is 2.98. The fraction of sp³-hybridized carbons (Fsp3) is 0.182. The van der Waals surface area contributed by atoms with Gasteiger partial charge in [-0.05, 0) is 55.3 Å². The van der Waals surface area contributed by atoms with Gasteiger partial charge < -0.3 is 10.6 Å². The number of amides is 2. The topological polar surface area (TPSA) is 93.1 Å². The lowest BCUT2D eigenvalue weighted by molar-refractivity contribution is -0.116. The maximum absolute atomic E-state index is 13.3. The number of aromatic nitrogens is 2. The second-order valence-corrected chi connectivity index (χ2v) is 6.77. The maximum atomic E-state index is 13.3. The number of nitrogens with zero attached hydrogens (tertiary/aromatic N) is 2. The molecule has 7 nitrogen and oxygen atoms in total. The van der Waals surface area contributed by atoms with Crippen molar-refractivity contribution >= 4 is 17.5 Å². The van der Waals surface area contributed by atoms with Gasteiger partial charge >= 0.3 is 0 Å². The first-order valence-corrected chi connectivity index (χ1v) is 9.25. The number of rotatable bonds is 5. The lowest BCUT2D eigenvalue weighted by atomic mass is 10.1. The van der Waals surface area contributed by atoms with Crippen molar-refractivity contribution in [3.8, 4) is 11.4 Å². The molecule has 0 unspecified atom stereocenters. The summed E-state index contributed by atoms with van der Waals surface area (Å²) in [7, 11) is 1.40. The Hall–Kier alpha value is -3.81. The molecule has 8 heteroatoms. The number of carbonyl (C=O) groups is 2. The van der Waals surface area contributed by atoms with Gasteiger partial charge in [-0.15, -0.1) is 0 Å². The minimum Gasteiger partial charge on any atom is -0.355 e. The van der Waals surface area contributed by atoms with Gasteiger partial charge in [0.15, 0.2) is 0 Å². The van der Waals surface area contributed by atoms with Crippen molar-refractivity contribution in [2.75, 3.05) is 12.4 Å². The van der Waals surface area contributed by atoms with Crippen LogP contribution in [-0.4, -0.2) is 28.4 Å². The molecule has 0 spiro atoms. The van der Waals surface area contributed by atoms with E-state index in [-0.39, 0.29) is 17.9 Å². The molecule has 0 atom stereocenters. The van der Waals surface area contributed by atoms with E-state index in [9.17, 15) is 18.8 Å². The van der Waals surface area contributed by atoms with Gasteiger partial charge in [-0.3, -0.25) is 19.0 Å². The van der Waals surface area contributed by atoms with Gasteiger partial charge in [-0.25, -0.2) is 9.37 Å². The minimum atomic E-state index is -0.667. The highest BCUT2D eigenvalue weighted by molar-refractivity contribution is 5.94. The zero-order valence-electron chi connectivity index (χ0n) is 16.8. The zero-order valence-corrected chi connectivity index (χ0v) is 16.8. The van der Waals surface area contributed by atoms with Gasteiger partial charge in [0.2, 0.25) is 5.91 Å². The smallest absolute Gasteiger partial charge is 0.267 e. The number of carbonyl (C=O) groups excluding carboxylic acids is 2. The monoisotopic (exact) mass is 408 g/mol. The number of aryl methyl sites for hydroxylation is 1. The molecule has 0 saturated carbocycles. The molecule has 2 N–H and O–H groups in total. The number of nitrogens with one attached hydrogen (secondary N) is 2. The van der Waals surface area contributed by atoms with Crippen molar-refractivity contribution in [3.05, 3.63) is 81.5 Å². The van der Waals surface area contributed by atoms with E-state index in [4.69, 9.17) is 0 Å². The third kappa shape index (κ3) is 4.27. The average Bonchev–Trinajstić information content (AvgIpc) is 2.73. The predicted octanol–water partition coefficient (Wildman–Crippen LogP) is 2.66. The summed E-state index contributed by atoms with van der Waals surface area (Å²) in [4.78, 5) is 41.9. The van der Waals surface area contributed by atoms with Crippen LogP contribution in [0.25, 0.3) is 11.4 Å². The first-order valence-electron chi connectivity index (χ1n) is 9.25. The number of anilines is 1. The summed E-state index contributed by atoms with van der Waals surface area (Å²) < 4.78 is 14.4. The Morgan fingerprint density at radius 3 is 2.47 bits per heavy atom. The van der Waals surface area contributed by atoms with Crippen molar-refractivity contribution < 1.29 is 14.0 Å². The summed E-state index contributed by atoms with van der Waals surface area (Å²) >= 11 is 0. The van der Waals surface area contributed by atoms with E-state index in [2.05, 4.69) is 15.6 Å². The van der Waals surface area contributed by atoms with Crippen molar-refractivity contribution in [1.82, 2.24) is 14.9 Å². The van der Waals surface area contributed by atoms with Crippen LogP contribution in [0, 0.1) is 19.7 Å². The second-order valence-electron chi connectivity index (χ2n) is 6.77. The van der Waals surface area contributed by atoms with E-state index in [1.807, 2.05) is 26.0 Å². The van der Waals surface area contributed by atoms with Crippen molar-refractivity contribution in [2.45, 2.75) is 20.4 Å². The fourth-order valence-corrected chi connectivity index (χ4v) is 2.98. The van der Waals surface area contributed by atoms with Crippen molar-refractivity contribution in [2.24, 2.45) is 0 Å². The largest absolute Gasteiger partial charge is 0.355 e. The second kappa shape index (κ2) is 8.69. The molecule has 154 valence electrons. The average molecular weight is 408 g/mol. The van der Waals surface area contributed by atoms with Crippen LogP contribution in [0.2, 0.25) is 0 Å². The first kappa shape index (κ1) is 20.9. The SMILES string of the molecule is CNC(=O)c1cnc(-c2ccc(F)cc2)n(CC(=O)Nc2cccc(C)c2C)c1=O. The summed E-state index contributed by atoms with van der Waals surface area (Å²) in [5.74, 6) is -1.35. The molecular formula is C22H21FN4O3. The van der Waals surface area contributed by atoms with Crippen LogP contribution in [-0.2, 0) is 11.3 Å². The van der Waals surface area contributed by atoms with Gasteiger partial charge in [-0.1, -0.05) is 12.1 Å². The molecule has 0 aliphatic carbocycles. The lowest BCUT2D eigenvalue weighted by Crippen LogP contribution is -2.35. The molecule has 2 amide bonds. The van der Waals surface area contributed by atoms with Gasteiger partial charge in [0.25, 0.3) is 11.5 Å². The van der Waals surface area contributed by atoms with Crippen LogP contribution in [0.4, 0.5) is 10.1 Å². The standard InChI is InChI=1S/C22H21FN4O3/c1-13-5-4-6-18(14(13)2)26-19(28)12-27-20(15-7-9-16(23)10-8-15)25-11-17(22(27)30)21(29)24-3/h4-11H,12H2,1-3H3,(H,24,29)(H,26,28). The zero-order chi connectivity index (χ0) is 21.8. The highest BCUT2D eigenvalue weighted by atomic mass is 19.1. The van der Waals surface area contributed by atoms with Crippen molar-refractivity contribution in [1.29, 1.82) is 0 Å². The molecule has 0 fully saturated rings. The molecule has 3 rings (SSSR count). The lowest BCUT2D eigenvalue weighted by Gasteiger charge is -2.15. The molecule has 0 radical (unpaired) electrons. The third-order valence-corrected chi connectivity index (χ3v) is 4.80. The number of halogens is 1. The number of benzene rings is 2. The molecule has 3 aromatic rings. The summed E-state index contributed by atoms with van der Waals surface area (Å²) in [6.45, 7) is 3.45. The Morgan fingerprint density at radius 1 is 1.10 bits per heavy atom. The summed E-state index contributed by atoms with van der Waals surface area (Å²) in [6, 6.07) is 10.9. The third-order valence-electron chi connectivity index (χ3n) is 4.80. The van der Waals surface area contributed by atoms with Gasteiger partial charge in [0.05, 0.1) is 0 Å². The van der Waals surface area contributed by atoms with Crippen LogP contribution in [0.1, 0.15) is 21.5 Å². The van der Waals surface area contributed by atoms with E-state index >= 15 is 0 Å². The van der Waals surface area contributed by atoms with E-state index in [1.165, 1.54) is 31.3 Å². The van der Waals surface area contributed by atoms with Crippen LogP contribution < -0.4 is 16.2 Å². The quantitative estimate of drug-likeness (QED) is 0.679. The van der Waals surface area contributed by atoms with E-state index in [1.54, 1.807) is 6.07 Å². The van der Waals surface area contributed by atoms with E-state index in [0.29, 0.717) is 11.3 Å². The molecule has 0 aliphatic heterocycles. The van der Waals surface area contributed by atoms with Gasteiger partial charge in [-0.2, -0.15) is 0 Å². The van der Waals surface area contributed by atoms with Gasteiger partial charge in [0, 0.05) is 24.5 Å². The summed E-state index contributed by atoms with van der Waals surface area (Å²) in [6.07, 6.45) is 1.15. The highest BCUT2D eigenvalue weighted by Gasteiger charge is 2.19. The molecule has 0 bridgehead atoms. The maximum Gasteiger partial charge on any atom is 0.267 e. The Bertz CT molecular complexity index is 1170. The molecule has 1 aromatic heterocycles. The number of hydrogen-bond acceptors (Lipinski definition) is 4. The highest BCUT2D eigenvalue weighted by Crippen LogP contribution is 2.19. The molecule has 2 aromatic carbocycles. The number of hydrogen-bond donors (Lipinski definition) is 2. The van der Waals surface area contributed by atoms with E-state index in [0.717, 1.165) is 21.9 Å². The Kier molecular flexibility index (Phi) is 6.06. The minimum absolute atomic E-state index is 0.156. The molecule has 30 heavy (non-hydrogen) atoms. The van der Waals surface area contributed by atoms with Crippen LogP contribution in [0.15, 0.2) is 53.5 Å². The normalized spacial score (nSPS) is 10.5. The predicted molar refractivity (Wildman–Crippen MR) is 112 cm³/mol. The van der Waals surface area contributed by atoms with E-state index < -0.39 is 23.2 Å². The Labute approximate surface area is 172 Å².